The van der Waals surface area contributed by atoms with Crippen molar-refractivity contribution in [1.29, 1.82) is 0 Å². The van der Waals surface area contributed by atoms with Crippen LogP contribution in [0.1, 0.15) is 60.3 Å². The van der Waals surface area contributed by atoms with Crippen molar-refractivity contribution >= 4 is 32.9 Å². The van der Waals surface area contributed by atoms with E-state index in [9.17, 15) is 33.5 Å². The summed E-state index contributed by atoms with van der Waals surface area (Å²) >= 11 is 0. The smallest absolute Gasteiger partial charge is 0.404 e. The highest BCUT2D eigenvalue weighted by atomic mass is 31.2. The minimum Gasteiger partial charge on any atom is -0.404 e. The number of benzene rings is 1. The van der Waals surface area contributed by atoms with Gasteiger partial charge in [0.15, 0.2) is 5.75 Å². The number of hydrogen-bond donors (Lipinski definition) is 6. The zero-order valence-corrected chi connectivity index (χ0v) is 27.6. The molecule has 1 aromatic rings. The number of amides is 1. The van der Waals surface area contributed by atoms with Gasteiger partial charge in [-0.2, -0.15) is 0 Å². The number of aliphatic hydroxyl groups is 1. The average molecular weight is 655 g/mol. The third-order valence-corrected chi connectivity index (χ3v) is 6.90. The summed E-state index contributed by atoms with van der Waals surface area (Å²) in [5.74, 6) is -1.56. The molecule has 1 heterocycles. The third-order valence-electron chi connectivity index (χ3n) is 6.02. The highest BCUT2D eigenvalue weighted by Crippen LogP contribution is 2.50. The van der Waals surface area contributed by atoms with E-state index in [1.165, 1.54) is 16.0 Å². The molecule has 14 heteroatoms. The van der Waals surface area contributed by atoms with Gasteiger partial charge in [0.25, 0.3) is 5.91 Å². The van der Waals surface area contributed by atoms with Crippen molar-refractivity contribution in [2.75, 3.05) is 23.4 Å². The fourth-order valence-corrected chi connectivity index (χ4v) is 4.59. The lowest BCUT2D eigenvalue weighted by atomic mass is 10.1. The van der Waals surface area contributed by atoms with E-state index in [4.69, 9.17) is 9.63 Å². The predicted octanol–water partition coefficient (Wildman–Crippen LogP) is 6.43. The molecule has 0 fully saturated rings. The molecule has 0 atom stereocenters. The van der Waals surface area contributed by atoms with Gasteiger partial charge in [0.05, 0.1) is 17.9 Å². The highest BCUT2D eigenvalue weighted by molar-refractivity contribution is 7.47. The minimum atomic E-state index is -5.12. The molecule has 12 nitrogen and oxygen atoms in total. The van der Waals surface area contributed by atoms with Crippen LogP contribution in [0.15, 0.2) is 83.7 Å². The average Bonchev–Trinajstić information content (AvgIpc) is 2.96. The SMILES string of the molecule is C/C=C\CO.C=C1Nc2c(OP(=O)(O)O)cc(OP(=O)(O)O)cc2N(C/C=C(\C)CC/C=C(\C)CCC=C(C)C)C(=O)C1=C. The lowest BCUT2D eigenvalue weighted by molar-refractivity contribution is -0.114. The van der Waals surface area contributed by atoms with Crippen molar-refractivity contribution in [1.82, 2.24) is 0 Å². The molecule has 0 aromatic heterocycles. The summed E-state index contributed by atoms with van der Waals surface area (Å²) in [6.45, 7) is 17.7. The second-order valence-corrected chi connectivity index (χ2v) is 12.5. The summed E-state index contributed by atoms with van der Waals surface area (Å²) in [6.07, 6.45) is 13.2. The summed E-state index contributed by atoms with van der Waals surface area (Å²) < 4.78 is 32.5. The van der Waals surface area contributed by atoms with Crippen molar-refractivity contribution in [3.63, 3.8) is 0 Å². The molecule has 0 saturated heterocycles. The fraction of sp³-hybridized carbons (Fsp3) is 0.367. The molecule has 0 spiro atoms. The second-order valence-electron chi connectivity index (χ2n) is 10.2. The van der Waals surface area contributed by atoms with E-state index in [0.717, 1.165) is 43.4 Å². The van der Waals surface area contributed by atoms with E-state index in [1.807, 2.05) is 19.9 Å². The first-order chi connectivity index (χ1) is 20.4. The van der Waals surface area contributed by atoms with Crippen molar-refractivity contribution in [3.8, 4) is 11.5 Å². The van der Waals surface area contributed by atoms with Crippen molar-refractivity contribution in [2.24, 2.45) is 0 Å². The Morgan fingerprint density at radius 1 is 0.932 bits per heavy atom. The van der Waals surface area contributed by atoms with Crippen LogP contribution in [-0.2, 0) is 13.9 Å². The van der Waals surface area contributed by atoms with Crippen LogP contribution in [0.4, 0.5) is 11.4 Å². The monoisotopic (exact) mass is 654 g/mol. The topological polar surface area (TPSA) is 186 Å². The van der Waals surface area contributed by atoms with Gasteiger partial charge >= 0.3 is 15.6 Å². The summed E-state index contributed by atoms with van der Waals surface area (Å²) in [7, 11) is -10.2. The van der Waals surface area contributed by atoms with Crippen LogP contribution >= 0.6 is 15.6 Å². The van der Waals surface area contributed by atoms with Crippen LogP contribution in [-0.4, -0.2) is 43.7 Å². The van der Waals surface area contributed by atoms with Crippen LogP contribution in [0, 0.1) is 0 Å². The number of rotatable bonds is 13. The predicted molar refractivity (Wildman–Crippen MR) is 173 cm³/mol. The molecule has 1 amide bonds. The van der Waals surface area contributed by atoms with Crippen LogP contribution in [0.3, 0.4) is 0 Å². The van der Waals surface area contributed by atoms with Gasteiger partial charge in [0.1, 0.15) is 11.4 Å². The Kier molecular flexibility index (Phi) is 15.8. The maximum atomic E-state index is 13.3. The number of fused-ring (bicyclic) bond motifs is 1. The standard InChI is InChI=1S/C26H36N2O9P2.C4H8O/c1-17(2)9-7-10-18(3)11-8-12-19(4)13-14-28-23-15-22(36-38(30,31)32)16-24(37-39(33,34)35)25(23)27-21(6)20(5)26(28)29;1-2-3-4-5/h9,11,13,15-16,27H,5-8,10,12,14H2,1-4H3,(H2,30,31,32)(H2,33,34,35);2-3,5H,4H2,1H3/b18-11+,19-13+;3-2-. The normalized spacial score (nSPS) is 14.4. The van der Waals surface area contributed by atoms with Gasteiger partial charge in [-0.3, -0.25) is 24.4 Å². The van der Waals surface area contributed by atoms with Gasteiger partial charge < -0.3 is 24.4 Å². The summed E-state index contributed by atoms with van der Waals surface area (Å²) in [4.78, 5) is 51.9. The quantitative estimate of drug-likeness (QED) is 0.0782. The van der Waals surface area contributed by atoms with Gasteiger partial charge in [-0.1, -0.05) is 60.3 Å². The Hall–Kier alpha value is -3.21. The van der Waals surface area contributed by atoms with Crippen LogP contribution < -0.4 is 19.3 Å². The number of phosphoric ester groups is 2. The number of phosphoric acid groups is 2. The molecule has 2 rings (SSSR count). The summed E-state index contributed by atoms with van der Waals surface area (Å²) in [5.41, 5.74) is 3.52. The number of hydrogen-bond acceptors (Lipinski definition) is 7. The molecular formula is C30H44N2O10P2. The Morgan fingerprint density at radius 2 is 1.50 bits per heavy atom. The highest BCUT2D eigenvalue weighted by Gasteiger charge is 2.32. The second kappa shape index (κ2) is 17.9. The van der Waals surface area contributed by atoms with Gasteiger partial charge in [-0.25, -0.2) is 9.13 Å². The molecule has 1 aliphatic rings. The van der Waals surface area contributed by atoms with E-state index in [2.05, 4.69) is 55.9 Å². The first-order valence-corrected chi connectivity index (χ1v) is 16.8. The Morgan fingerprint density at radius 3 is 2.00 bits per heavy atom. The molecule has 6 N–H and O–H groups in total. The van der Waals surface area contributed by atoms with Crippen molar-refractivity contribution < 1.29 is 47.7 Å². The van der Waals surface area contributed by atoms with Crippen molar-refractivity contribution in [3.05, 3.63) is 83.7 Å². The van der Waals surface area contributed by atoms with Crippen LogP contribution in [0.25, 0.3) is 0 Å². The number of carbonyl (C=O) groups excluding carboxylic acids is 1. The largest absolute Gasteiger partial charge is 0.524 e. The first-order valence-electron chi connectivity index (χ1n) is 13.7. The number of allylic oxidation sites excluding steroid dienone is 6. The third kappa shape index (κ3) is 14.5. The first kappa shape index (κ1) is 38.8. The molecule has 0 radical (unpaired) electrons. The van der Waals surface area contributed by atoms with E-state index in [-0.39, 0.29) is 35.8 Å². The number of nitrogens with one attached hydrogen (secondary N) is 1. The van der Waals surface area contributed by atoms with Gasteiger partial charge in [0, 0.05) is 24.4 Å². The Bertz CT molecular complexity index is 1410. The van der Waals surface area contributed by atoms with E-state index < -0.39 is 33.1 Å². The maximum Gasteiger partial charge on any atom is 0.524 e. The zero-order chi connectivity index (χ0) is 33.7. The van der Waals surface area contributed by atoms with Crippen molar-refractivity contribution in [2.45, 2.75) is 60.3 Å². The van der Waals surface area contributed by atoms with Gasteiger partial charge in [-0.05, 0) is 60.3 Å². The summed E-state index contributed by atoms with van der Waals surface area (Å²) in [5, 5.41) is 10.7. The fourth-order valence-electron chi connectivity index (χ4n) is 3.81. The molecule has 1 aromatic carbocycles. The molecule has 1 aliphatic heterocycles. The molecule has 0 saturated carbocycles. The zero-order valence-electron chi connectivity index (χ0n) is 25.8. The molecule has 0 bridgehead atoms. The minimum absolute atomic E-state index is 0.00624. The van der Waals surface area contributed by atoms with Crippen LogP contribution in [0.5, 0.6) is 11.5 Å². The number of nitrogens with zero attached hydrogens (tertiary/aromatic N) is 1. The number of carbonyl (C=O) groups is 1. The summed E-state index contributed by atoms with van der Waals surface area (Å²) in [6, 6.07) is 2.04. The number of aliphatic hydroxyl groups excluding tert-OH is 1. The molecular weight excluding hydrogens is 610 g/mol. The lowest BCUT2D eigenvalue weighted by Crippen LogP contribution is -2.31. The number of anilines is 2. The molecule has 244 valence electrons. The Labute approximate surface area is 259 Å². The van der Waals surface area contributed by atoms with E-state index in [0.29, 0.717) is 0 Å². The van der Waals surface area contributed by atoms with E-state index in [1.54, 1.807) is 12.2 Å². The maximum absolute atomic E-state index is 13.3. The molecule has 0 unspecified atom stereocenters. The molecule has 44 heavy (non-hydrogen) atoms. The van der Waals surface area contributed by atoms with E-state index >= 15 is 0 Å². The Balaban J connectivity index is 0.00000178. The molecule has 0 aliphatic carbocycles. The van der Waals surface area contributed by atoms with Crippen LogP contribution in [0.2, 0.25) is 0 Å². The lowest BCUT2D eigenvalue weighted by Gasteiger charge is -2.24. The van der Waals surface area contributed by atoms with Gasteiger partial charge in [0.2, 0.25) is 0 Å². The van der Waals surface area contributed by atoms with Gasteiger partial charge in [-0.15, -0.1) is 0 Å².